The van der Waals surface area contributed by atoms with Crippen molar-refractivity contribution in [2.45, 2.75) is 25.4 Å². The molecule has 5 heteroatoms. The number of nitrogens with zero attached hydrogens (tertiary/aromatic N) is 1. The van der Waals surface area contributed by atoms with E-state index in [0.717, 1.165) is 37.2 Å². The molecule has 1 fully saturated rings. The second-order valence-electron chi connectivity index (χ2n) is 4.98. The minimum atomic E-state index is 0.224. The molecule has 1 atom stereocenters. The summed E-state index contributed by atoms with van der Waals surface area (Å²) < 4.78 is 16.2. The van der Waals surface area contributed by atoms with Crippen LogP contribution in [-0.4, -0.2) is 43.1 Å². The van der Waals surface area contributed by atoms with Gasteiger partial charge in [-0.2, -0.15) is 0 Å². The first-order valence-electron chi connectivity index (χ1n) is 6.63. The van der Waals surface area contributed by atoms with Crippen LogP contribution in [0.4, 0.5) is 0 Å². The summed E-state index contributed by atoms with van der Waals surface area (Å²) in [7, 11) is 1.63. The maximum Gasteiger partial charge on any atom is 0.231 e. The van der Waals surface area contributed by atoms with Crippen LogP contribution < -0.4 is 14.2 Å². The van der Waals surface area contributed by atoms with E-state index in [2.05, 4.69) is 4.90 Å². The van der Waals surface area contributed by atoms with Crippen molar-refractivity contribution in [1.82, 2.24) is 4.90 Å². The van der Waals surface area contributed by atoms with Gasteiger partial charge in [-0.15, -0.1) is 0 Å². The third-order valence-corrected chi connectivity index (χ3v) is 3.81. The van der Waals surface area contributed by atoms with E-state index < -0.39 is 0 Å². The van der Waals surface area contributed by atoms with Crippen molar-refractivity contribution in [3.8, 4) is 17.2 Å². The number of likely N-dealkylation sites (tertiary alicyclic amines) is 1. The number of ether oxygens (including phenoxy) is 3. The summed E-state index contributed by atoms with van der Waals surface area (Å²) in [5.74, 6) is 2.14. The van der Waals surface area contributed by atoms with Crippen LogP contribution >= 0.6 is 0 Å². The minimum absolute atomic E-state index is 0.224. The van der Waals surface area contributed by atoms with E-state index in [1.807, 2.05) is 12.1 Å². The van der Waals surface area contributed by atoms with Gasteiger partial charge in [-0.3, -0.25) is 4.90 Å². The van der Waals surface area contributed by atoms with Gasteiger partial charge < -0.3 is 19.3 Å². The highest BCUT2D eigenvalue weighted by Gasteiger charge is 2.25. The molecule has 2 aliphatic heterocycles. The number of benzene rings is 1. The lowest BCUT2D eigenvalue weighted by molar-refractivity contribution is 0.153. The number of rotatable bonds is 4. The standard InChI is InChI=1S/C14H19NO4/c1-17-12-5-10(6-13-14(12)19-9-18-13)7-15-4-2-3-11(15)8-16/h5-6,11,16H,2-4,7-9H2,1H3. The molecule has 2 heterocycles. The Hall–Kier alpha value is -1.46. The molecule has 1 saturated heterocycles. The van der Waals surface area contributed by atoms with Crippen LogP contribution in [-0.2, 0) is 6.54 Å². The molecule has 104 valence electrons. The lowest BCUT2D eigenvalue weighted by Crippen LogP contribution is -2.31. The predicted octanol–water partition coefficient (Wildman–Crippen LogP) is 1.38. The molecule has 1 N–H and O–H groups in total. The molecule has 19 heavy (non-hydrogen) atoms. The molecule has 0 radical (unpaired) electrons. The summed E-state index contributed by atoms with van der Waals surface area (Å²) in [5, 5.41) is 9.36. The Balaban J connectivity index is 1.81. The molecule has 1 unspecified atom stereocenters. The zero-order valence-electron chi connectivity index (χ0n) is 11.1. The molecule has 0 bridgehead atoms. The van der Waals surface area contributed by atoms with E-state index in [1.165, 1.54) is 0 Å². The Morgan fingerprint density at radius 1 is 1.42 bits per heavy atom. The lowest BCUT2D eigenvalue weighted by atomic mass is 10.1. The molecule has 1 aromatic rings. The molecule has 0 aromatic heterocycles. The van der Waals surface area contributed by atoms with Crippen LogP contribution in [0.5, 0.6) is 17.2 Å². The molecule has 3 rings (SSSR count). The Morgan fingerprint density at radius 3 is 3.11 bits per heavy atom. The Morgan fingerprint density at radius 2 is 2.32 bits per heavy atom. The van der Waals surface area contributed by atoms with E-state index in [0.29, 0.717) is 11.5 Å². The maximum atomic E-state index is 9.36. The van der Waals surface area contributed by atoms with Gasteiger partial charge in [0.05, 0.1) is 13.7 Å². The van der Waals surface area contributed by atoms with Crippen LogP contribution in [0.25, 0.3) is 0 Å². The Labute approximate surface area is 112 Å². The van der Waals surface area contributed by atoms with E-state index in [9.17, 15) is 5.11 Å². The molecule has 0 aliphatic carbocycles. The van der Waals surface area contributed by atoms with Crippen LogP contribution in [0.15, 0.2) is 12.1 Å². The van der Waals surface area contributed by atoms with Crippen molar-refractivity contribution < 1.29 is 19.3 Å². The molecule has 1 aromatic carbocycles. The van der Waals surface area contributed by atoms with Crippen LogP contribution in [0.1, 0.15) is 18.4 Å². The van der Waals surface area contributed by atoms with Crippen molar-refractivity contribution >= 4 is 0 Å². The first-order chi connectivity index (χ1) is 9.31. The van der Waals surface area contributed by atoms with Gasteiger partial charge in [0.25, 0.3) is 0 Å². The summed E-state index contributed by atoms with van der Waals surface area (Å²) >= 11 is 0. The number of aliphatic hydroxyl groups excluding tert-OH is 1. The quantitative estimate of drug-likeness (QED) is 0.891. The van der Waals surface area contributed by atoms with E-state index in [-0.39, 0.29) is 19.4 Å². The Bertz CT molecular complexity index is 463. The predicted molar refractivity (Wildman–Crippen MR) is 69.6 cm³/mol. The van der Waals surface area contributed by atoms with Crippen LogP contribution in [0.2, 0.25) is 0 Å². The number of methoxy groups -OCH3 is 1. The van der Waals surface area contributed by atoms with Gasteiger partial charge in [0.2, 0.25) is 12.5 Å². The molecule has 2 aliphatic rings. The molecular formula is C14H19NO4. The second-order valence-corrected chi connectivity index (χ2v) is 4.98. The van der Waals surface area contributed by atoms with Gasteiger partial charge in [-0.05, 0) is 37.1 Å². The van der Waals surface area contributed by atoms with Crippen molar-refractivity contribution in [3.63, 3.8) is 0 Å². The van der Waals surface area contributed by atoms with Crippen molar-refractivity contribution in [2.75, 3.05) is 27.1 Å². The van der Waals surface area contributed by atoms with Gasteiger partial charge in [-0.25, -0.2) is 0 Å². The highest BCUT2D eigenvalue weighted by molar-refractivity contribution is 5.55. The summed E-state index contributed by atoms with van der Waals surface area (Å²) in [5.41, 5.74) is 1.13. The van der Waals surface area contributed by atoms with Gasteiger partial charge in [0, 0.05) is 12.6 Å². The number of aliphatic hydroxyl groups is 1. The monoisotopic (exact) mass is 265 g/mol. The Kier molecular flexibility index (Phi) is 3.48. The SMILES string of the molecule is COc1cc(CN2CCCC2CO)cc2c1OCO2. The van der Waals surface area contributed by atoms with Crippen molar-refractivity contribution in [3.05, 3.63) is 17.7 Å². The lowest BCUT2D eigenvalue weighted by Gasteiger charge is -2.23. The van der Waals surface area contributed by atoms with Gasteiger partial charge >= 0.3 is 0 Å². The highest BCUT2D eigenvalue weighted by Crippen LogP contribution is 2.42. The normalized spacial score (nSPS) is 21.9. The molecular weight excluding hydrogens is 246 g/mol. The first-order valence-corrected chi connectivity index (χ1v) is 6.63. The maximum absolute atomic E-state index is 9.36. The summed E-state index contributed by atoms with van der Waals surface area (Å²) in [6.07, 6.45) is 2.21. The van der Waals surface area contributed by atoms with Gasteiger partial charge in [0.1, 0.15) is 0 Å². The van der Waals surface area contributed by atoms with Crippen molar-refractivity contribution in [2.24, 2.45) is 0 Å². The zero-order chi connectivity index (χ0) is 13.2. The fourth-order valence-electron chi connectivity index (χ4n) is 2.82. The fourth-order valence-corrected chi connectivity index (χ4v) is 2.82. The minimum Gasteiger partial charge on any atom is -0.493 e. The van der Waals surface area contributed by atoms with Crippen LogP contribution in [0, 0.1) is 0 Å². The smallest absolute Gasteiger partial charge is 0.231 e. The number of fused-ring (bicyclic) bond motifs is 1. The molecule has 0 spiro atoms. The average molecular weight is 265 g/mol. The first kappa shape index (κ1) is 12.6. The summed E-state index contributed by atoms with van der Waals surface area (Å²) in [6.45, 7) is 2.31. The van der Waals surface area contributed by atoms with Crippen LogP contribution in [0.3, 0.4) is 0 Å². The summed E-state index contributed by atoms with van der Waals surface area (Å²) in [4.78, 5) is 2.30. The number of hydrogen-bond donors (Lipinski definition) is 1. The topological polar surface area (TPSA) is 51.2 Å². The van der Waals surface area contributed by atoms with E-state index in [4.69, 9.17) is 14.2 Å². The number of hydrogen-bond acceptors (Lipinski definition) is 5. The average Bonchev–Trinajstić information content (AvgIpc) is 3.06. The molecule has 5 nitrogen and oxygen atoms in total. The van der Waals surface area contributed by atoms with E-state index >= 15 is 0 Å². The van der Waals surface area contributed by atoms with E-state index in [1.54, 1.807) is 7.11 Å². The highest BCUT2D eigenvalue weighted by atomic mass is 16.7. The third-order valence-electron chi connectivity index (χ3n) is 3.81. The largest absolute Gasteiger partial charge is 0.493 e. The molecule has 0 saturated carbocycles. The fraction of sp³-hybridized carbons (Fsp3) is 0.571. The zero-order valence-corrected chi connectivity index (χ0v) is 11.1. The molecule has 0 amide bonds. The van der Waals surface area contributed by atoms with Crippen molar-refractivity contribution in [1.29, 1.82) is 0 Å². The van der Waals surface area contributed by atoms with Gasteiger partial charge in [-0.1, -0.05) is 0 Å². The second kappa shape index (κ2) is 5.27. The van der Waals surface area contributed by atoms with Gasteiger partial charge in [0.15, 0.2) is 11.5 Å². The third kappa shape index (κ3) is 2.35. The summed E-state index contributed by atoms with van der Waals surface area (Å²) in [6, 6.07) is 4.26.